The number of ether oxygens (including phenoxy) is 3. The van der Waals surface area contributed by atoms with E-state index in [0.717, 1.165) is 42.9 Å². The molecular weight excluding hydrogens is 472 g/mol. The van der Waals surface area contributed by atoms with Gasteiger partial charge < -0.3 is 23.3 Å². The minimum Gasteiger partial charge on any atom is -0.760 e. The number of nitrogens with one attached hydrogen (secondary N) is 1. The molecule has 35 heavy (non-hydrogen) atoms. The summed E-state index contributed by atoms with van der Waals surface area (Å²) >= 11 is -2.43. The number of rotatable bonds is 10. The molecule has 1 aliphatic heterocycles. The highest BCUT2D eigenvalue weighted by Gasteiger charge is 2.40. The highest BCUT2D eigenvalue weighted by Crippen LogP contribution is 2.38. The molecule has 0 amide bonds. The molecule has 2 aromatic rings. The average Bonchev–Trinajstić information content (AvgIpc) is 3.52. The number of aryl methyl sites for hydroxylation is 1. The zero-order valence-electron chi connectivity index (χ0n) is 20.8. The molecule has 0 bridgehead atoms. The predicted molar refractivity (Wildman–Crippen MR) is 127 cm³/mol. The number of nitrogens with zero attached hydrogens (tertiary/aromatic N) is 5. The Bertz CT molecular complexity index is 971. The van der Waals surface area contributed by atoms with Crippen LogP contribution in [-0.2, 0) is 31.9 Å². The van der Waals surface area contributed by atoms with Gasteiger partial charge in [0.1, 0.15) is 17.5 Å². The minimum absolute atomic E-state index is 0.0525. The van der Waals surface area contributed by atoms with Crippen molar-refractivity contribution in [2.75, 3.05) is 27.4 Å². The van der Waals surface area contributed by atoms with Crippen molar-refractivity contribution < 1.29 is 23.0 Å². The van der Waals surface area contributed by atoms with E-state index in [9.17, 15) is 8.76 Å². The van der Waals surface area contributed by atoms with Crippen LogP contribution < -0.4 is 4.72 Å². The van der Waals surface area contributed by atoms with Crippen molar-refractivity contribution in [1.29, 1.82) is 0 Å². The summed E-state index contributed by atoms with van der Waals surface area (Å²) in [7, 11) is 3.47. The summed E-state index contributed by atoms with van der Waals surface area (Å²) in [6, 6.07) is -0.557. The van der Waals surface area contributed by atoms with Crippen LogP contribution in [0.15, 0.2) is 12.4 Å². The van der Waals surface area contributed by atoms with Gasteiger partial charge >= 0.3 is 0 Å². The van der Waals surface area contributed by atoms with E-state index >= 15 is 0 Å². The van der Waals surface area contributed by atoms with Gasteiger partial charge in [0, 0.05) is 68.8 Å². The molecule has 2 aliphatic rings. The third kappa shape index (κ3) is 5.95. The maximum atomic E-state index is 11.5. The normalized spacial score (nSPS) is 27.6. The van der Waals surface area contributed by atoms with Crippen molar-refractivity contribution in [3.8, 4) is 0 Å². The Morgan fingerprint density at radius 1 is 1.20 bits per heavy atom. The van der Waals surface area contributed by atoms with E-state index in [2.05, 4.69) is 29.5 Å². The molecule has 12 heteroatoms. The van der Waals surface area contributed by atoms with E-state index in [1.165, 1.54) is 0 Å². The van der Waals surface area contributed by atoms with Gasteiger partial charge in [-0.1, -0.05) is 0 Å². The third-order valence-corrected chi connectivity index (χ3v) is 7.72. The Morgan fingerprint density at radius 2 is 1.89 bits per heavy atom. The molecule has 11 nitrogen and oxygen atoms in total. The summed E-state index contributed by atoms with van der Waals surface area (Å²) in [5, 5.41) is 9.26. The van der Waals surface area contributed by atoms with Gasteiger partial charge in [0.15, 0.2) is 0 Å². The molecule has 194 valence electrons. The van der Waals surface area contributed by atoms with E-state index in [4.69, 9.17) is 14.2 Å². The van der Waals surface area contributed by atoms with Crippen molar-refractivity contribution in [2.45, 2.75) is 82.1 Å². The minimum atomic E-state index is -2.43. The van der Waals surface area contributed by atoms with Crippen molar-refractivity contribution in [1.82, 2.24) is 29.5 Å². The quantitative estimate of drug-likeness (QED) is 0.477. The Balaban J connectivity index is 1.77. The van der Waals surface area contributed by atoms with Gasteiger partial charge in [-0.05, 0) is 45.1 Å². The first-order valence-corrected chi connectivity index (χ1v) is 13.2. The summed E-state index contributed by atoms with van der Waals surface area (Å²) in [5.41, 5.74) is 0.931. The van der Waals surface area contributed by atoms with Crippen LogP contribution in [-0.4, -0.2) is 79.2 Å². The SMILES string of the molecule is CO[C@H]1CCC[C@@H](OC)C1n1c(C[C@@H](c2ncc(C)cn2)[C@@H](C)NS(=O)[O-])nnc1[C@@H]1CCOC1. The molecular formula is C23H35N6O5S-. The van der Waals surface area contributed by atoms with E-state index in [1.54, 1.807) is 26.6 Å². The molecule has 0 radical (unpaired) electrons. The maximum Gasteiger partial charge on any atom is 0.138 e. The van der Waals surface area contributed by atoms with Gasteiger partial charge in [0.05, 0.1) is 24.9 Å². The molecule has 4 rings (SSSR count). The summed E-state index contributed by atoms with van der Waals surface area (Å²) in [6.07, 6.45) is 7.50. The van der Waals surface area contributed by atoms with E-state index in [1.807, 2.05) is 13.8 Å². The van der Waals surface area contributed by atoms with Crippen LogP contribution in [0.5, 0.6) is 0 Å². The molecule has 2 unspecified atom stereocenters. The molecule has 1 aliphatic carbocycles. The van der Waals surface area contributed by atoms with E-state index < -0.39 is 17.3 Å². The van der Waals surface area contributed by atoms with Gasteiger partial charge in [-0.25, -0.2) is 14.7 Å². The maximum absolute atomic E-state index is 11.5. The zero-order chi connectivity index (χ0) is 24.9. The largest absolute Gasteiger partial charge is 0.760 e. The fourth-order valence-electron chi connectivity index (χ4n) is 5.28. The fraction of sp³-hybridized carbons (Fsp3) is 0.739. The fourth-order valence-corrected chi connectivity index (χ4v) is 5.75. The molecule has 1 saturated heterocycles. The lowest BCUT2D eigenvalue weighted by atomic mass is 9.88. The number of hydrogen-bond donors (Lipinski definition) is 1. The van der Waals surface area contributed by atoms with Gasteiger partial charge in [0.2, 0.25) is 0 Å². The lowest BCUT2D eigenvalue weighted by molar-refractivity contribution is -0.0580. The van der Waals surface area contributed by atoms with Crippen LogP contribution >= 0.6 is 0 Å². The van der Waals surface area contributed by atoms with E-state index in [-0.39, 0.29) is 30.1 Å². The number of hydrogen-bond acceptors (Lipinski definition) is 9. The van der Waals surface area contributed by atoms with Crippen LogP contribution in [0.25, 0.3) is 0 Å². The first-order chi connectivity index (χ1) is 16.9. The highest BCUT2D eigenvalue weighted by molar-refractivity contribution is 7.77. The van der Waals surface area contributed by atoms with Crippen LogP contribution in [0.3, 0.4) is 0 Å². The van der Waals surface area contributed by atoms with Crippen molar-refractivity contribution in [2.24, 2.45) is 0 Å². The molecule has 7 atom stereocenters. The summed E-state index contributed by atoms with van der Waals surface area (Å²) in [5.74, 6) is 1.94. The average molecular weight is 508 g/mol. The second-order valence-corrected chi connectivity index (χ2v) is 10.2. The van der Waals surface area contributed by atoms with Gasteiger partial charge in [-0.15, -0.1) is 10.2 Å². The third-order valence-electron chi connectivity index (χ3n) is 7.15. The Morgan fingerprint density at radius 3 is 2.46 bits per heavy atom. The van der Waals surface area contributed by atoms with Crippen LogP contribution in [0.4, 0.5) is 0 Å². The Kier molecular flexibility index (Phi) is 8.95. The monoisotopic (exact) mass is 507 g/mol. The highest BCUT2D eigenvalue weighted by atomic mass is 32.2. The lowest BCUT2D eigenvalue weighted by Gasteiger charge is -2.39. The summed E-state index contributed by atoms with van der Waals surface area (Å²) in [6.45, 7) is 5.01. The van der Waals surface area contributed by atoms with Gasteiger partial charge in [-0.2, -0.15) is 0 Å². The molecule has 1 saturated carbocycles. The second-order valence-electron chi connectivity index (χ2n) is 9.45. The van der Waals surface area contributed by atoms with E-state index in [0.29, 0.717) is 25.5 Å². The summed E-state index contributed by atoms with van der Waals surface area (Å²) < 4.78 is 45.3. The first-order valence-electron chi connectivity index (χ1n) is 12.1. The van der Waals surface area contributed by atoms with Gasteiger partial charge in [-0.3, -0.25) is 4.21 Å². The molecule has 1 N–H and O–H groups in total. The molecule has 2 aromatic heterocycles. The number of methoxy groups -OCH3 is 2. The lowest BCUT2D eigenvalue weighted by Crippen LogP contribution is -2.42. The topological polar surface area (TPSA) is 136 Å². The van der Waals surface area contributed by atoms with Crippen LogP contribution in [0.2, 0.25) is 0 Å². The molecule has 3 heterocycles. The second kappa shape index (κ2) is 11.9. The first kappa shape index (κ1) is 26.2. The Labute approximate surface area is 208 Å². The van der Waals surface area contributed by atoms with Gasteiger partial charge in [0.25, 0.3) is 0 Å². The standard InChI is InChI=1S/C23H36N6O5S/c1-14-11-24-22(25-12-14)17(15(2)28-35(30)31)10-20-26-27-23(16-8-9-34-13-16)29(20)21-18(32-3)6-5-7-19(21)33-4/h11-12,15-19,21,28H,5-10,13H2,1-4H3,(H,30,31)/p-1/t15-,16-,17-,18-,19+,21?/m1/s1. The predicted octanol–water partition coefficient (Wildman–Crippen LogP) is 1.73. The molecule has 0 aromatic carbocycles. The van der Waals surface area contributed by atoms with Crippen LogP contribution in [0.1, 0.15) is 73.5 Å². The number of aromatic nitrogens is 5. The summed E-state index contributed by atoms with van der Waals surface area (Å²) in [4.78, 5) is 9.03. The van der Waals surface area contributed by atoms with Crippen molar-refractivity contribution in [3.05, 3.63) is 35.4 Å². The smallest absolute Gasteiger partial charge is 0.138 e. The molecule has 0 spiro atoms. The molecule has 2 fully saturated rings. The van der Waals surface area contributed by atoms with Crippen LogP contribution in [0, 0.1) is 6.92 Å². The van der Waals surface area contributed by atoms with Crippen molar-refractivity contribution >= 4 is 11.3 Å². The van der Waals surface area contributed by atoms with Crippen molar-refractivity contribution in [3.63, 3.8) is 0 Å². The Hall–Kier alpha value is -1.83. The zero-order valence-corrected chi connectivity index (χ0v) is 21.6.